The number of aromatic hydroxyl groups is 1. The van der Waals surface area contributed by atoms with Gasteiger partial charge in [-0.2, -0.15) is 0 Å². The van der Waals surface area contributed by atoms with Gasteiger partial charge in [0.15, 0.2) is 11.5 Å². The highest BCUT2D eigenvalue weighted by Crippen LogP contribution is 2.31. The van der Waals surface area contributed by atoms with Gasteiger partial charge < -0.3 is 14.9 Å². The Kier molecular flexibility index (Phi) is 6.26. The van der Waals surface area contributed by atoms with Gasteiger partial charge in [-0.05, 0) is 52.1 Å². The highest BCUT2D eigenvalue weighted by atomic mass is 19.1. The summed E-state index contributed by atoms with van der Waals surface area (Å²) in [6, 6.07) is 5.77. The van der Waals surface area contributed by atoms with Crippen molar-refractivity contribution in [3.63, 3.8) is 0 Å². The van der Waals surface area contributed by atoms with E-state index in [4.69, 9.17) is 0 Å². The summed E-state index contributed by atoms with van der Waals surface area (Å²) in [4.78, 5) is 46.0. The Morgan fingerprint density at radius 3 is 2.45 bits per heavy atom. The number of ketones is 1. The molecule has 0 atom stereocenters. The standard InChI is InChI=1S/C22H27FN4O4/c1-22(2)21-24-18(16(28)10-7-14-5-8-15(23)9-6-14)19(30)20(31)26(21)11-12-27(22)17(29)13-25(3)4/h5-6,8-9,30H,7,10-13H2,1-4H3. The van der Waals surface area contributed by atoms with Crippen LogP contribution in [-0.4, -0.2) is 63.3 Å². The minimum Gasteiger partial charge on any atom is -0.501 e. The van der Waals surface area contributed by atoms with E-state index in [1.807, 2.05) is 0 Å². The van der Waals surface area contributed by atoms with Gasteiger partial charge in [0, 0.05) is 19.5 Å². The maximum Gasteiger partial charge on any atom is 0.296 e. The number of aromatic nitrogens is 2. The fraction of sp³-hybridized carbons (Fsp3) is 0.455. The molecule has 2 heterocycles. The zero-order valence-electron chi connectivity index (χ0n) is 18.2. The second-order valence-corrected chi connectivity index (χ2v) is 8.48. The molecule has 31 heavy (non-hydrogen) atoms. The van der Waals surface area contributed by atoms with Crippen LogP contribution in [0.5, 0.6) is 5.75 Å². The van der Waals surface area contributed by atoms with Crippen LogP contribution in [0.15, 0.2) is 29.1 Å². The third-order valence-electron chi connectivity index (χ3n) is 5.49. The molecule has 166 valence electrons. The number of hydrogen-bond donors (Lipinski definition) is 1. The third kappa shape index (κ3) is 4.51. The zero-order chi connectivity index (χ0) is 22.9. The smallest absolute Gasteiger partial charge is 0.296 e. The first-order valence-corrected chi connectivity index (χ1v) is 10.1. The molecular weight excluding hydrogens is 403 g/mol. The van der Waals surface area contributed by atoms with Crippen LogP contribution >= 0.6 is 0 Å². The van der Waals surface area contributed by atoms with E-state index in [0.717, 1.165) is 5.56 Å². The molecule has 8 nitrogen and oxygen atoms in total. The SMILES string of the molecule is CN(C)CC(=O)N1CCn2c(nc(C(=O)CCc3ccc(F)cc3)c(O)c2=O)C1(C)C. The lowest BCUT2D eigenvalue weighted by molar-refractivity contribution is -0.139. The molecule has 1 aromatic heterocycles. The molecule has 0 spiro atoms. The van der Waals surface area contributed by atoms with Crippen molar-refractivity contribution in [3.05, 3.63) is 57.5 Å². The van der Waals surface area contributed by atoms with Gasteiger partial charge in [0.1, 0.15) is 11.6 Å². The van der Waals surface area contributed by atoms with Gasteiger partial charge in [-0.3, -0.25) is 19.0 Å². The van der Waals surface area contributed by atoms with Crippen LogP contribution in [0.4, 0.5) is 4.39 Å². The fourth-order valence-electron chi connectivity index (χ4n) is 3.83. The first kappa shape index (κ1) is 22.6. The van der Waals surface area contributed by atoms with Gasteiger partial charge in [0.2, 0.25) is 11.7 Å². The molecule has 1 aliphatic heterocycles. The minimum absolute atomic E-state index is 0.00120. The van der Waals surface area contributed by atoms with Gasteiger partial charge in [0.05, 0.1) is 12.1 Å². The Morgan fingerprint density at radius 1 is 1.19 bits per heavy atom. The molecule has 1 N–H and O–H groups in total. The topological polar surface area (TPSA) is 95.7 Å². The zero-order valence-corrected chi connectivity index (χ0v) is 18.2. The van der Waals surface area contributed by atoms with Crippen LogP contribution in [0.3, 0.4) is 0 Å². The lowest BCUT2D eigenvalue weighted by Gasteiger charge is -2.43. The van der Waals surface area contributed by atoms with E-state index in [9.17, 15) is 23.9 Å². The Balaban J connectivity index is 1.91. The molecule has 0 aliphatic carbocycles. The van der Waals surface area contributed by atoms with E-state index in [1.54, 1.807) is 49.9 Å². The van der Waals surface area contributed by atoms with Gasteiger partial charge in [-0.15, -0.1) is 0 Å². The van der Waals surface area contributed by atoms with Crippen molar-refractivity contribution >= 4 is 11.7 Å². The number of amides is 1. The number of likely N-dealkylation sites (N-methyl/N-ethyl adjacent to an activating group) is 1. The van der Waals surface area contributed by atoms with Crippen molar-refractivity contribution in [2.24, 2.45) is 0 Å². The second-order valence-electron chi connectivity index (χ2n) is 8.48. The van der Waals surface area contributed by atoms with Crippen molar-refractivity contribution < 1.29 is 19.1 Å². The summed E-state index contributed by atoms with van der Waals surface area (Å²) in [6.45, 7) is 4.21. The predicted molar refractivity (Wildman–Crippen MR) is 113 cm³/mol. The van der Waals surface area contributed by atoms with Gasteiger partial charge in [0.25, 0.3) is 5.56 Å². The van der Waals surface area contributed by atoms with Crippen LogP contribution in [0.1, 0.15) is 42.1 Å². The fourth-order valence-corrected chi connectivity index (χ4v) is 3.83. The van der Waals surface area contributed by atoms with Crippen molar-refractivity contribution in [2.45, 2.75) is 38.8 Å². The first-order chi connectivity index (χ1) is 14.5. The van der Waals surface area contributed by atoms with Crippen molar-refractivity contribution in [2.75, 3.05) is 27.2 Å². The highest BCUT2D eigenvalue weighted by molar-refractivity contribution is 5.96. The van der Waals surface area contributed by atoms with Crippen LogP contribution in [0, 0.1) is 5.82 Å². The monoisotopic (exact) mass is 430 g/mol. The highest BCUT2D eigenvalue weighted by Gasteiger charge is 2.41. The van der Waals surface area contributed by atoms with E-state index in [0.29, 0.717) is 13.0 Å². The number of hydrogen-bond acceptors (Lipinski definition) is 6. The lowest BCUT2D eigenvalue weighted by Crippen LogP contribution is -2.56. The average molecular weight is 430 g/mol. The van der Waals surface area contributed by atoms with Crippen molar-refractivity contribution in [3.8, 4) is 5.75 Å². The maximum atomic E-state index is 13.1. The summed E-state index contributed by atoms with van der Waals surface area (Å²) >= 11 is 0. The molecule has 0 saturated heterocycles. The second kappa shape index (κ2) is 8.58. The Morgan fingerprint density at radius 2 is 1.84 bits per heavy atom. The number of benzene rings is 1. The Bertz CT molecular complexity index is 1060. The minimum atomic E-state index is -0.940. The summed E-state index contributed by atoms with van der Waals surface area (Å²) in [5, 5.41) is 10.4. The van der Waals surface area contributed by atoms with E-state index in [1.165, 1.54) is 16.7 Å². The van der Waals surface area contributed by atoms with Gasteiger partial charge in [-0.25, -0.2) is 9.37 Å². The average Bonchev–Trinajstić information content (AvgIpc) is 2.69. The number of Topliss-reactive ketones (excluding diaryl/α,β-unsaturated/α-hetero) is 1. The molecule has 1 aromatic carbocycles. The van der Waals surface area contributed by atoms with E-state index < -0.39 is 22.6 Å². The largest absolute Gasteiger partial charge is 0.501 e. The molecule has 0 unspecified atom stereocenters. The number of halogens is 1. The van der Waals surface area contributed by atoms with E-state index >= 15 is 0 Å². The molecule has 1 aliphatic rings. The van der Waals surface area contributed by atoms with E-state index in [-0.39, 0.29) is 42.8 Å². The molecule has 0 fully saturated rings. The molecular formula is C22H27FN4O4. The molecule has 3 rings (SSSR count). The normalized spacial score (nSPS) is 15.1. The van der Waals surface area contributed by atoms with Crippen molar-refractivity contribution in [1.82, 2.24) is 19.4 Å². The quantitative estimate of drug-likeness (QED) is 0.699. The van der Waals surface area contributed by atoms with Crippen LogP contribution in [0.25, 0.3) is 0 Å². The summed E-state index contributed by atoms with van der Waals surface area (Å²) < 4.78 is 14.4. The Hall–Kier alpha value is -3.07. The molecule has 0 bridgehead atoms. The van der Waals surface area contributed by atoms with E-state index in [2.05, 4.69) is 4.98 Å². The number of carbonyl (C=O) groups excluding carboxylic acids is 2. The van der Waals surface area contributed by atoms with Gasteiger partial charge >= 0.3 is 0 Å². The summed E-state index contributed by atoms with van der Waals surface area (Å²) in [5.41, 5.74) is -1.18. The first-order valence-electron chi connectivity index (χ1n) is 10.1. The van der Waals surface area contributed by atoms with Crippen LogP contribution < -0.4 is 5.56 Å². The summed E-state index contributed by atoms with van der Waals surface area (Å²) in [6.07, 6.45) is 0.314. The van der Waals surface area contributed by atoms with Crippen LogP contribution in [0.2, 0.25) is 0 Å². The molecule has 0 saturated carbocycles. The third-order valence-corrected chi connectivity index (χ3v) is 5.49. The number of rotatable bonds is 6. The summed E-state index contributed by atoms with van der Waals surface area (Å²) in [7, 11) is 3.59. The molecule has 0 radical (unpaired) electrons. The van der Waals surface area contributed by atoms with Gasteiger partial charge in [-0.1, -0.05) is 12.1 Å². The van der Waals surface area contributed by atoms with Crippen molar-refractivity contribution in [1.29, 1.82) is 0 Å². The van der Waals surface area contributed by atoms with Crippen LogP contribution in [-0.2, 0) is 23.3 Å². The molecule has 2 aromatic rings. The predicted octanol–water partition coefficient (Wildman–Crippen LogP) is 1.54. The number of nitrogens with zero attached hydrogens (tertiary/aromatic N) is 4. The molecule has 9 heteroatoms. The number of carbonyl (C=O) groups is 2. The number of fused-ring (bicyclic) bond motifs is 1. The number of aryl methyl sites for hydroxylation is 1. The molecule has 1 amide bonds. The lowest BCUT2D eigenvalue weighted by atomic mass is 9.97. The summed E-state index contributed by atoms with van der Waals surface area (Å²) in [5.74, 6) is -1.40. The Labute approximate surface area is 179 Å². The maximum absolute atomic E-state index is 13.1.